The highest BCUT2D eigenvalue weighted by Gasteiger charge is 2.37. The van der Waals surface area contributed by atoms with Gasteiger partial charge < -0.3 is 5.73 Å². The molecule has 0 amide bonds. The van der Waals surface area contributed by atoms with Crippen molar-refractivity contribution in [1.29, 1.82) is 0 Å². The van der Waals surface area contributed by atoms with E-state index in [1.54, 1.807) is 0 Å². The molecule has 96 valence electrons. The van der Waals surface area contributed by atoms with Gasteiger partial charge in [0.25, 0.3) is 0 Å². The maximum atomic E-state index is 6.31. The summed E-state index contributed by atoms with van der Waals surface area (Å²) in [6.07, 6.45) is 1.08. The lowest BCUT2D eigenvalue weighted by molar-refractivity contribution is 0.197. The predicted molar refractivity (Wildman–Crippen MR) is 69.9 cm³/mol. The van der Waals surface area contributed by atoms with Crippen molar-refractivity contribution in [2.45, 2.75) is 52.2 Å². The monoisotopic (exact) mass is 236 g/mol. The van der Waals surface area contributed by atoms with Gasteiger partial charge in [0.2, 0.25) is 0 Å². The van der Waals surface area contributed by atoms with Crippen molar-refractivity contribution in [2.24, 2.45) is 12.8 Å². The molecule has 1 aliphatic heterocycles. The molecule has 0 aromatic carbocycles. The zero-order valence-electron chi connectivity index (χ0n) is 11.6. The summed E-state index contributed by atoms with van der Waals surface area (Å²) in [7, 11) is 2.01. The first-order chi connectivity index (χ1) is 7.93. The Morgan fingerprint density at radius 1 is 1.35 bits per heavy atom. The average Bonchev–Trinajstić information content (AvgIpc) is 2.70. The zero-order chi connectivity index (χ0) is 12.7. The zero-order valence-corrected chi connectivity index (χ0v) is 11.6. The normalized spacial score (nSPS) is 26.1. The molecule has 0 radical (unpaired) electrons. The fourth-order valence-electron chi connectivity index (χ4n) is 3.02. The lowest BCUT2D eigenvalue weighted by atomic mass is 9.98. The van der Waals surface area contributed by atoms with Crippen molar-refractivity contribution >= 4 is 0 Å². The van der Waals surface area contributed by atoms with Crippen LogP contribution in [0.5, 0.6) is 0 Å². The van der Waals surface area contributed by atoms with E-state index in [9.17, 15) is 0 Å². The van der Waals surface area contributed by atoms with E-state index in [1.165, 1.54) is 11.3 Å². The lowest BCUT2D eigenvalue weighted by Crippen LogP contribution is -2.36. The molecule has 4 nitrogen and oxygen atoms in total. The molecule has 2 rings (SSSR count). The Hall–Kier alpha value is -0.870. The van der Waals surface area contributed by atoms with Crippen LogP contribution >= 0.6 is 0 Å². The summed E-state index contributed by atoms with van der Waals surface area (Å²) in [5, 5.41) is 4.52. The van der Waals surface area contributed by atoms with Gasteiger partial charge in [0.15, 0.2) is 0 Å². The third-order valence-electron chi connectivity index (χ3n) is 4.01. The molecule has 17 heavy (non-hydrogen) atoms. The molecule has 1 fully saturated rings. The van der Waals surface area contributed by atoms with Gasteiger partial charge in [-0.2, -0.15) is 5.10 Å². The number of rotatable bonds is 2. The molecule has 4 heteroatoms. The highest BCUT2D eigenvalue weighted by Crippen LogP contribution is 2.35. The average molecular weight is 236 g/mol. The van der Waals surface area contributed by atoms with Crippen LogP contribution in [0, 0.1) is 13.8 Å². The molecule has 2 atom stereocenters. The first kappa shape index (κ1) is 12.6. The number of nitrogens with two attached hydrogens (primary N) is 1. The van der Waals surface area contributed by atoms with E-state index in [1.807, 2.05) is 11.7 Å². The first-order valence-electron chi connectivity index (χ1n) is 6.45. The maximum Gasteiger partial charge on any atom is 0.0644 e. The summed E-state index contributed by atoms with van der Waals surface area (Å²) < 4.78 is 1.97. The summed E-state index contributed by atoms with van der Waals surface area (Å²) in [6.45, 7) is 9.81. The van der Waals surface area contributed by atoms with E-state index in [4.69, 9.17) is 5.73 Å². The van der Waals surface area contributed by atoms with Gasteiger partial charge in [0.05, 0.1) is 11.7 Å². The fourth-order valence-corrected chi connectivity index (χ4v) is 3.02. The van der Waals surface area contributed by atoms with E-state index in [-0.39, 0.29) is 6.04 Å². The van der Waals surface area contributed by atoms with Crippen molar-refractivity contribution in [3.05, 3.63) is 17.0 Å². The third-order valence-corrected chi connectivity index (χ3v) is 4.01. The Kier molecular flexibility index (Phi) is 3.27. The number of aromatic nitrogens is 2. The van der Waals surface area contributed by atoms with Crippen molar-refractivity contribution in [1.82, 2.24) is 14.7 Å². The van der Waals surface area contributed by atoms with Crippen molar-refractivity contribution in [2.75, 3.05) is 6.54 Å². The number of aryl methyl sites for hydroxylation is 2. The Labute approximate surface area is 104 Å². The van der Waals surface area contributed by atoms with Crippen LogP contribution in [-0.2, 0) is 7.05 Å². The topological polar surface area (TPSA) is 47.1 Å². The van der Waals surface area contributed by atoms with E-state index >= 15 is 0 Å². The SMILES string of the molecule is Cc1nn(C)c(C)c1[C@H]1[C@H](N)CCN1C(C)C. The third kappa shape index (κ3) is 2.00. The number of nitrogens with zero attached hydrogens (tertiary/aromatic N) is 3. The van der Waals surface area contributed by atoms with Crippen LogP contribution in [0.25, 0.3) is 0 Å². The Morgan fingerprint density at radius 2 is 2.00 bits per heavy atom. The largest absolute Gasteiger partial charge is 0.326 e. The van der Waals surface area contributed by atoms with Crippen LogP contribution in [0.3, 0.4) is 0 Å². The van der Waals surface area contributed by atoms with Gasteiger partial charge in [-0.05, 0) is 34.1 Å². The molecule has 0 bridgehead atoms. The summed E-state index contributed by atoms with van der Waals surface area (Å²) >= 11 is 0. The predicted octanol–water partition coefficient (Wildman–Crippen LogP) is 1.52. The van der Waals surface area contributed by atoms with Gasteiger partial charge in [0.1, 0.15) is 0 Å². The standard InChI is InChI=1S/C13H24N4/c1-8(2)17-7-6-11(14)13(17)12-9(3)15-16(5)10(12)4/h8,11,13H,6-7,14H2,1-5H3/t11-,13-/m1/s1. The number of hydrogen-bond donors (Lipinski definition) is 1. The molecule has 0 saturated carbocycles. The van der Waals surface area contributed by atoms with Crippen LogP contribution in [-0.4, -0.2) is 33.3 Å². The summed E-state index contributed by atoms with van der Waals surface area (Å²) in [5.74, 6) is 0. The van der Waals surface area contributed by atoms with Crippen LogP contribution in [0.1, 0.15) is 43.3 Å². The van der Waals surface area contributed by atoms with E-state index in [0.717, 1.165) is 18.7 Å². The Bertz CT molecular complexity index is 408. The van der Waals surface area contributed by atoms with Crippen molar-refractivity contribution in [3.63, 3.8) is 0 Å². The van der Waals surface area contributed by atoms with Crippen LogP contribution in [0.15, 0.2) is 0 Å². The van der Waals surface area contributed by atoms with Crippen molar-refractivity contribution in [3.8, 4) is 0 Å². The van der Waals surface area contributed by atoms with Gasteiger partial charge in [0, 0.05) is 36.9 Å². The summed E-state index contributed by atoms with van der Waals surface area (Å²) in [6, 6.07) is 1.11. The van der Waals surface area contributed by atoms with E-state index in [0.29, 0.717) is 12.1 Å². The second-order valence-electron chi connectivity index (χ2n) is 5.44. The molecule has 0 unspecified atom stereocenters. The molecule has 0 aliphatic carbocycles. The highest BCUT2D eigenvalue weighted by atomic mass is 15.3. The van der Waals surface area contributed by atoms with Gasteiger partial charge in [-0.1, -0.05) is 0 Å². The molecular weight excluding hydrogens is 212 g/mol. The Morgan fingerprint density at radius 3 is 2.47 bits per heavy atom. The maximum absolute atomic E-state index is 6.31. The fraction of sp³-hybridized carbons (Fsp3) is 0.769. The summed E-state index contributed by atoms with van der Waals surface area (Å²) in [5.41, 5.74) is 10.0. The quantitative estimate of drug-likeness (QED) is 0.847. The minimum absolute atomic E-state index is 0.235. The minimum Gasteiger partial charge on any atom is -0.326 e. The second-order valence-corrected chi connectivity index (χ2v) is 5.44. The molecule has 1 aromatic rings. The smallest absolute Gasteiger partial charge is 0.0644 e. The number of hydrogen-bond acceptors (Lipinski definition) is 3. The highest BCUT2D eigenvalue weighted by molar-refractivity contribution is 5.30. The molecule has 2 heterocycles. The lowest BCUT2D eigenvalue weighted by Gasteiger charge is -2.30. The van der Waals surface area contributed by atoms with Crippen LogP contribution in [0.4, 0.5) is 0 Å². The molecule has 1 aromatic heterocycles. The molecule has 2 N–H and O–H groups in total. The van der Waals surface area contributed by atoms with Gasteiger partial charge in [-0.25, -0.2) is 0 Å². The molecule has 1 saturated heterocycles. The van der Waals surface area contributed by atoms with Crippen LogP contribution in [0.2, 0.25) is 0 Å². The second kappa shape index (κ2) is 4.42. The van der Waals surface area contributed by atoms with Crippen molar-refractivity contribution < 1.29 is 0 Å². The van der Waals surface area contributed by atoms with Gasteiger partial charge >= 0.3 is 0 Å². The molecule has 0 spiro atoms. The number of likely N-dealkylation sites (tertiary alicyclic amines) is 1. The first-order valence-corrected chi connectivity index (χ1v) is 6.45. The molecular formula is C13H24N4. The van der Waals surface area contributed by atoms with E-state index in [2.05, 4.69) is 37.7 Å². The Balaban J connectivity index is 2.43. The summed E-state index contributed by atoms with van der Waals surface area (Å²) in [4.78, 5) is 2.50. The molecule has 1 aliphatic rings. The van der Waals surface area contributed by atoms with Gasteiger partial charge in [-0.3, -0.25) is 9.58 Å². The van der Waals surface area contributed by atoms with Gasteiger partial charge in [-0.15, -0.1) is 0 Å². The van der Waals surface area contributed by atoms with Crippen LogP contribution < -0.4 is 5.73 Å². The van der Waals surface area contributed by atoms with E-state index < -0.39 is 0 Å². The minimum atomic E-state index is 0.235.